The van der Waals surface area contributed by atoms with Gasteiger partial charge in [0.25, 0.3) is 0 Å². The molecule has 21 heavy (non-hydrogen) atoms. The lowest BCUT2D eigenvalue weighted by Crippen LogP contribution is -2.48. The fraction of sp³-hybridized carbons (Fsp3) is 0.857. The van der Waals surface area contributed by atoms with Gasteiger partial charge in [-0.05, 0) is 25.7 Å². The molecule has 1 aliphatic heterocycles. The minimum absolute atomic E-state index is 0. The molecule has 0 radical (unpaired) electrons. The molecular formula is C14H26ClN3O3. The van der Waals surface area contributed by atoms with Gasteiger partial charge in [0, 0.05) is 19.2 Å². The molecule has 3 N–H and O–H groups in total. The molecule has 2 fully saturated rings. The second kappa shape index (κ2) is 9.23. The van der Waals surface area contributed by atoms with Crippen molar-refractivity contribution in [3.05, 3.63) is 0 Å². The van der Waals surface area contributed by atoms with Crippen molar-refractivity contribution in [1.82, 2.24) is 10.2 Å². The number of nitrogens with zero attached hydrogens (tertiary/aromatic N) is 1. The summed E-state index contributed by atoms with van der Waals surface area (Å²) in [4.78, 5) is 25.4. The SMILES string of the molecule is Cl.NCC(=O)NCC(=O)N(CC1CCCO1)C1CCCC1. The molecule has 0 aromatic rings. The van der Waals surface area contributed by atoms with Gasteiger partial charge in [-0.3, -0.25) is 9.59 Å². The number of nitrogens with two attached hydrogens (primary N) is 1. The van der Waals surface area contributed by atoms with Gasteiger partial charge in [0.1, 0.15) is 0 Å². The van der Waals surface area contributed by atoms with Crippen molar-refractivity contribution in [3.63, 3.8) is 0 Å². The molecule has 2 rings (SSSR count). The van der Waals surface area contributed by atoms with Crippen molar-refractivity contribution in [2.24, 2.45) is 5.73 Å². The number of nitrogens with one attached hydrogen (secondary N) is 1. The van der Waals surface area contributed by atoms with E-state index in [0.717, 1.165) is 32.3 Å². The Morgan fingerprint density at radius 3 is 2.48 bits per heavy atom. The highest BCUT2D eigenvalue weighted by Crippen LogP contribution is 2.25. The summed E-state index contributed by atoms with van der Waals surface area (Å²) >= 11 is 0. The first-order chi connectivity index (χ1) is 9.70. The van der Waals surface area contributed by atoms with Crippen LogP contribution in [0, 0.1) is 0 Å². The molecule has 0 aromatic heterocycles. The number of carbonyl (C=O) groups is 2. The standard InChI is InChI=1S/C14H25N3O3.ClH/c15-8-13(18)16-9-14(19)17(11-4-1-2-5-11)10-12-6-3-7-20-12;/h11-12H,1-10,15H2,(H,16,18);1H. The zero-order valence-electron chi connectivity index (χ0n) is 12.4. The van der Waals surface area contributed by atoms with Gasteiger partial charge in [-0.1, -0.05) is 12.8 Å². The molecule has 0 bridgehead atoms. The van der Waals surface area contributed by atoms with E-state index in [0.29, 0.717) is 12.6 Å². The van der Waals surface area contributed by atoms with Crippen LogP contribution < -0.4 is 11.1 Å². The second-order valence-corrected chi connectivity index (χ2v) is 5.60. The number of carbonyl (C=O) groups excluding carboxylic acids is 2. The van der Waals surface area contributed by atoms with Crippen LogP contribution in [0.2, 0.25) is 0 Å². The van der Waals surface area contributed by atoms with Crippen LogP contribution in [-0.4, -0.2) is 55.1 Å². The molecule has 2 aliphatic rings. The lowest BCUT2D eigenvalue weighted by Gasteiger charge is -2.31. The molecule has 0 aromatic carbocycles. The monoisotopic (exact) mass is 319 g/mol. The number of halogens is 1. The average molecular weight is 320 g/mol. The summed E-state index contributed by atoms with van der Waals surface area (Å²) in [6.07, 6.45) is 6.72. The van der Waals surface area contributed by atoms with Gasteiger partial charge < -0.3 is 20.7 Å². The van der Waals surface area contributed by atoms with Gasteiger partial charge in [0.2, 0.25) is 11.8 Å². The van der Waals surface area contributed by atoms with Crippen molar-refractivity contribution in [2.75, 3.05) is 26.2 Å². The third-order valence-electron chi connectivity index (χ3n) is 4.13. The third-order valence-corrected chi connectivity index (χ3v) is 4.13. The second-order valence-electron chi connectivity index (χ2n) is 5.60. The Bertz CT molecular complexity index is 342. The molecule has 2 amide bonds. The van der Waals surface area contributed by atoms with E-state index in [1.165, 1.54) is 12.8 Å². The van der Waals surface area contributed by atoms with Crippen molar-refractivity contribution in [2.45, 2.75) is 50.7 Å². The first-order valence-electron chi connectivity index (χ1n) is 7.58. The zero-order chi connectivity index (χ0) is 14.4. The van der Waals surface area contributed by atoms with E-state index in [9.17, 15) is 9.59 Å². The fourth-order valence-electron chi connectivity index (χ4n) is 3.03. The van der Waals surface area contributed by atoms with Gasteiger partial charge in [-0.2, -0.15) is 0 Å². The van der Waals surface area contributed by atoms with E-state index >= 15 is 0 Å². The minimum Gasteiger partial charge on any atom is -0.376 e. The Labute approximate surface area is 132 Å². The largest absolute Gasteiger partial charge is 0.376 e. The molecule has 6 nitrogen and oxygen atoms in total. The highest BCUT2D eigenvalue weighted by atomic mass is 35.5. The highest BCUT2D eigenvalue weighted by molar-refractivity contribution is 5.86. The summed E-state index contributed by atoms with van der Waals surface area (Å²) < 4.78 is 5.64. The Morgan fingerprint density at radius 2 is 1.90 bits per heavy atom. The Balaban J connectivity index is 0.00000220. The van der Waals surface area contributed by atoms with Gasteiger partial charge in [0.05, 0.1) is 19.2 Å². The Hall–Kier alpha value is -0.850. The van der Waals surface area contributed by atoms with E-state index in [2.05, 4.69) is 5.32 Å². The fourth-order valence-corrected chi connectivity index (χ4v) is 3.03. The molecule has 122 valence electrons. The summed E-state index contributed by atoms with van der Waals surface area (Å²) in [5.41, 5.74) is 5.23. The summed E-state index contributed by atoms with van der Waals surface area (Å²) in [5, 5.41) is 2.56. The van der Waals surface area contributed by atoms with Crippen LogP contribution in [0.5, 0.6) is 0 Å². The molecule has 1 atom stereocenters. The maximum Gasteiger partial charge on any atom is 0.242 e. The topological polar surface area (TPSA) is 84.7 Å². The number of hydrogen-bond acceptors (Lipinski definition) is 4. The number of amides is 2. The summed E-state index contributed by atoms with van der Waals surface area (Å²) in [5.74, 6) is -0.309. The van der Waals surface area contributed by atoms with Gasteiger partial charge in [0.15, 0.2) is 0 Å². The Morgan fingerprint density at radius 1 is 1.19 bits per heavy atom. The van der Waals surface area contributed by atoms with Crippen LogP contribution in [0.25, 0.3) is 0 Å². The maximum absolute atomic E-state index is 12.4. The first kappa shape index (κ1) is 18.2. The van der Waals surface area contributed by atoms with Gasteiger partial charge in [-0.15, -0.1) is 12.4 Å². The molecule has 1 aliphatic carbocycles. The smallest absolute Gasteiger partial charge is 0.242 e. The molecule has 1 unspecified atom stereocenters. The molecule has 7 heteroatoms. The van der Waals surface area contributed by atoms with E-state index in [-0.39, 0.29) is 43.4 Å². The first-order valence-corrected chi connectivity index (χ1v) is 7.58. The van der Waals surface area contributed by atoms with E-state index in [4.69, 9.17) is 10.5 Å². The van der Waals surface area contributed by atoms with Gasteiger partial charge >= 0.3 is 0 Å². The number of rotatable bonds is 6. The summed E-state index contributed by atoms with van der Waals surface area (Å²) in [6.45, 7) is 1.41. The van der Waals surface area contributed by atoms with E-state index in [1.807, 2.05) is 4.90 Å². The summed E-state index contributed by atoms with van der Waals surface area (Å²) in [6, 6.07) is 0.307. The highest BCUT2D eigenvalue weighted by Gasteiger charge is 2.30. The number of hydrogen-bond donors (Lipinski definition) is 2. The van der Waals surface area contributed by atoms with Crippen LogP contribution >= 0.6 is 12.4 Å². The predicted molar refractivity (Wildman–Crippen MR) is 82.3 cm³/mol. The average Bonchev–Trinajstić information content (AvgIpc) is 3.14. The molecule has 1 heterocycles. The van der Waals surface area contributed by atoms with Crippen molar-refractivity contribution in [3.8, 4) is 0 Å². The third kappa shape index (κ3) is 5.45. The quantitative estimate of drug-likeness (QED) is 0.743. The van der Waals surface area contributed by atoms with Gasteiger partial charge in [-0.25, -0.2) is 0 Å². The molecule has 1 saturated carbocycles. The Kier molecular flexibility index (Phi) is 8.00. The molecular weight excluding hydrogens is 294 g/mol. The van der Waals surface area contributed by atoms with Crippen molar-refractivity contribution < 1.29 is 14.3 Å². The molecule has 1 saturated heterocycles. The lowest BCUT2D eigenvalue weighted by molar-refractivity contribution is -0.136. The van der Waals surface area contributed by atoms with E-state index in [1.54, 1.807) is 0 Å². The maximum atomic E-state index is 12.4. The number of ether oxygens (including phenoxy) is 1. The van der Waals surface area contributed by atoms with Crippen LogP contribution in [0.4, 0.5) is 0 Å². The van der Waals surface area contributed by atoms with Crippen LogP contribution in [0.15, 0.2) is 0 Å². The van der Waals surface area contributed by atoms with Crippen LogP contribution in [0.1, 0.15) is 38.5 Å². The summed E-state index contributed by atoms with van der Waals surface area (Å²) in [7, 11) is 0. The lowest BCUT2D eigenvalue weighted by atomic mass is 10.1. The van der Waals surface area contributed by atoms with Crippen LogP contribution in [-0.2, 0) is 14.3 Å². The molecule has 0 spiro atoms. The zero-order valence-corrected chi connectivity index (χ0v) is 13.2. The minimum atomic E-state index is -0.290. The van der Waals surface area contributed by atoms with Crippen LogP contribution in [0.3, 0.4) is 0 Å². The van der Waals surface area contributed by atoms with Crippen molar-refractivity contribution >= 4 is 24.2 Å². The normalized spacial score (nSPS) is 21.9. The predicted octanol–water partition coefficient (Wildman–Crippen LogP) is 0.433. The van der Waals surface area contributed by atoms with E-state index < -0.39 is 0 Å². The van der Waals surface area contributed by atoms with Crippen molar-refractivity contribution in [1.29, 1.82) is 0 Å².